The van der Waals surface area contributed by atoms with E-state index in [0.717, 1.165) is 33.8 Å². The monoisotopic (exact) mass is 492 g/mol. The van der Waals surface area contributed by atoms with Crippen molar-refractivity contribution in [3.63, 3.8) is 0 Å². The minimum atomic E-state index is 0.326. The Hall–Kier alpha value is -3.40. The molecule has 0 unspecified atom stereocenters. The Morgan fingerprint density at radius 2 is 0.838 bits per heavy atom. The average molecular weight is 493 g/mol. The van der Waals surface area contributed by atoms with E-state index in [9.17, 15) is 0 Å². The van der Waals surface area contributed by atoms with Gasteiger partial charge < -0.3 is 9.55 Å². The first kappa shape index (κ1) is 25.3. The van der Waals surface area contributed by atoms with Gasteiger partial charge in [-0.15, -0.1) is 0 Å². The number of hydrogen-bond acceptors (Lipinski definition) is 2. The molecule has 0 spiro atoms. The third-order valence-corrected chi connectivity index (χ3v) is 7.63. The van der Waals surface area contributed by atoms with Crippen molar-refractivity contribution in [3.05, 3.63) is 69.3 Å². The highest BCUT2D eigenvalue weighted by molar-refractivity contribution is 5.84. The van der Waals surface area contributed by atoms with Crippen LogP contribution in [0.1, 0.15) is 124 Å². The number of nitrogens with zero attached hydrogens (tertiary/aromatic N) is 3. The third-order valence-electron chi connectivity index (χ3n) is 7.63. The highest BCUT2D eigenvalue weighted by Crippen LogP contribution is 2.35. The van der Waals surface area contributed by atoms with Crippen LogP contribution in [0.2, 0.25) is 0 Å². The second-order valence-corrected chi connectivity index (χ2v) is 11.7. The molecule has 2 aliphatic heterocycles. The average Bonchev–Trinajstić information content (AvgIpc) is 3.60. The van der Waals surface area contributed by atoms with Crippen molar-refractivity contribution in [1.29, 1.82) is 0 Å². The minimum absolute atomic E-state index is 0.326. The van der Waals surface area contributed by atoms with E-state index in [2.05, 4.69) is 121 Å². The Balaban J connectivity index is 2.06. The first-order chi connectivity index (χ1) is 17.6. The number of aryl methyl sites for hydroxylation is 1. The molecule has 37 heavy (non-hydrogen) atoms. The third kappa shape index (κ3) is 4.27. The van der Waals surface area contributed by atoms with Gasteiger partial charge in [-0.25, -0.2) is 9.97 Å². The summed E-state index contributed by atoms with van der Waals surface area (Å²) in [4.78, 5) is 14.2. The van der Waals surface area contributed by atoms with Crippen molar-refractivity contribution in [2.75, 3.05) is 0 Å². The minimum Gasteiger partial charge on any atom is -0.355 e. The van der Waals surface area contributed by atoms with Crippen LogP contribution < -0.4 is 0 Å². The molecule has 0 aliphatic carbocycles. The van der Waals surface area contributed by atoms with E-state index in [4.69, 9.17) is 9.97 Å². The molecule has 3 aromatic heterocycles. The molecule has 4 nitrogen and oxygen atoms in total. The Morgan fingerprint density at radius 3 is 1.16 bits per heavy atom. The van der Waals surface area contributed by atoms with Crippen LogP contribution in [0.5, 0.6) is 0 Å². The number of rotatable bonds is 4. The van der Waals surface area contributed by atoms with Gasteiger partial charge in [0.1, 0.15) is 0 Å². The quantitative estimate of drug-likeness (QED) is 0.272. The highest BCUT2D eigenvalue weighted by atomic mass is 14.9. The lowest BCUT2D eigenvalue weighted by molar-refractivity contribution is 0.836. The highest BCUT2D eigenvalue weighted by Gasteiger charge is 2.20. The zero-order valence-corrected chi connectivity index (χ0v) is 23.8. The number of hydrogen-bond donors (Lipinski definition) is 1. The summed E-state index contributed by atoms with van der Waals surface area (Å²) in [6.45, 7) is 18.1. The van der Waals surface area contributed by atoms with E-state index < -0.39 is 0 Å². The van der Waals surface area contributed by atoms with Crippen LogP contribution in [0.15, 0.2) is 24.3 Å². The lowest BCUT2D eigenvalue weighted by atomic mass is 10.0. The second kappa shape index (κ2) is 9.48. The van der Waals surface area contributed by atoms with Crippen molar-refractivity contribution in [1.82, 2.24) is 19.5 Å². The number of aromatic nitrogens is 4. The molecule has 3 aromatic rings. The number of nitrogens with one attached hydrogen (secondary N) is 1. The van der Waals surface area contributed by atoms with Crippen molar-refractivity contribution in [2.45, 2.75) is 79.1 Å². The molecule has 2 aliphatic rings. The topological polar surface area (TPSA) is 46.5 Å². The van der Waals surface area contributed by atoms with Gasteiger partial charge in [0.25, 0.3) is 0 Å². The summed E-state index contributed by atoms with van der Waals surface area (Å²) in [5.41, 5.74) is 14.0. The molecule has 0 radical (unpaired) electrons. The maximum absolute atomic E-state index is 5.24. The Kier molecular flexibility index (Phi) is 6.47. The molecular weight excluding hydrogens is 452 g/mol. The van der Waals surface area contributed by atoms with Crippen LogP contribution in [-0.2, 0) is 7.05 Å². The first-order valence-electron chi connectivity index (χ1n) is 13.7. The summed E-state index contributed by atoms with van der Waals surface area (Å²) in [7, 11) is 2.18. The zero-order valence-electron chi connectivity index (χ0n) is 23.8. The number of H-pyrrole nitrogens is 1. The van der Waals surface area contributed by atoms with Crippen LogP contribution in [0.25, 0.3) is 46.4 Å². The van der Waals surface area contributed by atoms with E-state index in [1.807, 2.05) is 0 Å². The van der Waals surface area contributed by atoms with Gasteiger partial charge in [0, 0.05) is 51.4 Å². The van der Waals surface area contributed by atoms with Gasteiger partial charge in [0.15, 0.2) is 0 Å². The molecule has 0 fully saturated rings. The van der Waals surface area contributed by atoms with Gasteiger partial charge in [0.05, 0.1) is 22.8 Å². The predicted octanol–water partition coefficient (Wildman–Crippen LogP) is 9.16. The second-order valence-electron chi connectivity index (χ2n) is 11.7. The Morgan fingerprint density at radius 1 is 0.514 bits per heavy atom. The number of fused-ring (bicyclic) bond motifs is 8. The molecule has 0 amide bonds. The van der Waals surface area contributed by atoms with E-state index >= 15 is 0 Å². The van der Waals surface area contributed by atoms with Crippen molar-refractivity contribution < 1.29 is 0 Å². The standard InChI is InChI=1S/C33H40N4/c1-18(2)30-22-10-11-23(34-22)31(19(3)4)25-13-15-27(36-25)33(21(7)8)29-17-16-28(37(29)9)32(20(5)6)26-14-12-24(30)35-26/h10-21,34H,1-9H3. The summed E-state index contributed by atoms with van der Waals surface area (Å²) in [5, 5.41) is 0. The summed E-state index contributed by atoms with van der Waals surface area (Å²) in [6.07, 6.45) is 8.79. The van der Waals surface area contributed by atoms with Gasteiger partial charge in [-0.3, -0.25) is 0 Å². The molecule has 0 saturated heterocycles. The first-order valence-corrected chi connectivity index (χ1v) is 13.7. The van der Waals surface area contributed by atoms with E-state index in [1.165, 1.54) is 33.3 Å². The van der Waals surface area contributed by atoms with Gasteiger partial charge in [-0.1, -0.05) is 55.4 Å². The summed E-state index contributed by atoms with van der Waals surface area (Å²) in [5.74, 6) is 1.31. The SMILES string of the molecule is CC(C)c1c2nc(c(C(C)C)c3ccc(c(C(C)C)c4nc(c(C(C)C)c5ccc1[nH]5)C=C4)n3C)C=C2. The Labute approximate surface area is 221 Å². The van der Waals surface area contributed by atoms with Gasteiger partial charge in [0.2, 0.25) is 0 Å². The molecule has 1 N–H and O–H groups in total. The largest absolute Gasteiger partial charge is 0.355 e. The van der Waals surface area contributed by atoms with Gasteiger partial charge >= 0.3 is 0 Å². The fourth-order valence-corrected chi connectivity index (χ4v) is 6.02. The lowest BCUT2D eigenvalue weighted by Crippen LogP contribution is -2.01. The zero-order chi connectivity index (χ0) is 26.6. The molecular formula is C33H40N4. The van der Waals surface area contributed by atoms with Crippen LogP contribution in [0.4, 0.5) is 0 Å². The smallest absolute Gasteiger partial charge is 0.0693 e. The van der Waals surface area contributed by atoms with E-state index in [-0.39, 0.29) is 0 Å². The normalized spacial score (nSPS) is 13.2. The van der Waals surface area contributed by atoms with Crippen molar-refractivity contribution in [3.8, 4) is 0 Å². The summed E-state index contributed by atoms with van der Waals surface area (Å²) < 4.78 is 2.34. The van der Waals surface area contributed by atoms with Gasteiger partial charge in [-0.05, 0) is 72.2 Å². The van der Waals surface area contributed by atoms with Crippen LogP contribution in [-0.4, -0.2) is 19.5 Å². The fourth-order valence-electron chi connectivity index (χ4n) is 6.02. The van der Waals surface area contributed by atoms with Crippen LogP contribution in [0.3, 0.4) is 0 Å². The van der Waals surface area contributed by atoms with Crippen molar-refractivity contribution >= 4 is 46.4 Å². The van der Waals surface area contributed by atoms with Crippen LogP contribution >= 0.6 is 0 Å². The maximum Gasteiger partial charge on any atom is 0.0693 e. The lowest BCUT2D eigenvalue weighted by Gasteiger charge is -2.13. The molecule has 0 atom stereocenters. The molecule has 5 heterocycles. The molecule has 192 valence electrons. The summed E-state index contributed by atoms with van der Waals surface area (Å²) in [6, 6.07) is 8.95. The molecule has 0 saturated carbocycles. The molecule has 4 heteroatoms. The number of aromatic amines is 1. The molecule has 0 aromatic carbocycles. The molecule has 5 rings (SSSR count). The summed E-state index contributed by atoms with van der Waals surface area (Å²) >= 11 is 0. The van der Waals surface area contributed by atoms with Gasteiger partial charge in [-0.2, -0.15) is 0 Å². The van der Waals surface area contributed by atoms with E-state index in [1.54, 1.807) is 0 Å². The predicted molar refractivity (Wildman–Crippen MR) is 160 cm³/mol. The fraction of sp³-hybridized carbons (Fsp3) is 0.394. The van der Waals surface area contributed by atoms with Crippen LogP contribution in [0, 0.1) is 0 Å². The van der Waals surface area contributed by atoms with E-state index in [0.29, 0.717) is 23.7 Å². The maximum atomic E-state index is 5.24. The van der Waals surface area contributed by atoms with Crippen molar-refractivity contribution in [2.24, 2.45) is 7.05 Å². The molecule has 8 bridgehead atoms. The Bertz CT molecular complexity index is 1470.